The summed E-state index contributed by atoms with van der Waals surface area (Å²) in [6.07, 6.45) is 2.81. The fourth-order valence-corrected chi connectivity index (χ4v) is 3.44. The number of aryl methyl sites for hydroxylation is 1. The Bertz CT molecular complexity index is 573. The van der Waals surface area contributed by atoms with Crippen molar-refractivity contribution in [1.29, 1.82) is 0 Å². The molecular weight excluding hydrogens is 334 g/mol. The lowest BCUT2D eigenvalue weighted by Crippen LogP contribution is -2.56. The molecule has 2 atom stereocenters. The summed E-state index contributed by atoms with van der Waals surface area (Å²) < 4.78 is 0.676. The number of aliphatic carboxylic acids is 1. The van der Waals surface area contributed by atoms with Crippen molar-refractivity contribution in [2.24, 2.45) is 5.92 Å². The van der Waals surface area contributed by atoms with Crippen molar-refractivity contribution in [3.63, 3.8) is 0 Å². The van der Waals surface area contributed by atoms with E-state index in [2.05, 4.69) is 21.2 Å². The van der Waals surface area contributed by atoms with Gasteiger partial charge in [0.2, 0.25) is 0 Å². The Balaban J connectivity index is 2.27. The number of rotatable bonds is 3. The van der Waals surface area contributed by atoms with E-state index in [0.29, 0.717) is 28.8 Å². The van der Waals surface area contributed by atoms with Gasteiger partial charge in [0.05, 0.1) is 5.56 Å². The van der Waals surface area contributed by atoms with Crippen molar-refractivity contribution in [3.8, 4) is 0 Å². The molecule has 1 saturated carbocycles. The van der Waals surface area contributed by atoms with Gasteiger partial charge in [-0.05, 0) is 53.7 Å². The van der Waals surface area contributed by atoms with E-state index in [1.54, 1.807) is 12.1 Å². The Kier molecular flexibility index (Phi) is 4.71. The van der Waals surface area contributed by atoms with Crippen LogP contribution >= 0.6 is 15.9 Å². The van der Waals surface area contributed by atoms with Crippen molar-refractivity contribution >= 4 is 27.8 Å². The Labute approximate surface area is 133 Å². The highest BCUT2D eigenvalue weighted by molar-refractivity contribution is 9.10. The lowest BCUT2D eigenvalue weighted by Gasteiger charge is -2.37. The van der Waals surface area contributed by atoms with Crippen LogP contribution in [0, 0.1) is 12.8 Å². The topological polar surface area (TPSA) is 66.4 Å². The van der Waals surface area contributed by atoms with Gasteiger partial charge in [0.15, 0.2) is 0 Å². The highest BCUT2D eigenvalue weighted by Crippen LogP contribution is 2.33. The van der Waals surface area contributed by atoms with Crippen LogP contribution in [0.5, 0.6) is 0 Å². The molecule has 0 bridgehead atoms. The molecule has 1 aliphatic carbocycles. The Hall–Kier alpha value is -1.36. The van der Waals surface area contributed by atoms with Crippen LogP contribution in [-0.4, -0.2) is 22.5 Å². The largest absolute Gasteiger partial charge is 0.480 e. The van der Waals surface area contributed by atoms with Gasteiger partial charge in [-0.2, -0.15) is 0 Å². The zero-order valence-electron chi connectivity index (χ0n) is 12.3. The molecule has 2 unspecified atom stereocenters. The molecule has 5 heteroatoms. The normalized spacial score (nSPS) is 25.4. The number of carbonyl (C=O) groups excluding carboxylic acids is 1. The van der Waals surface area contributed by atoms with Crippen LogP contribution in [0.15, 0.2) is 22.7 Å². The first-order valence-corrected chi connectivity index (χ1v) is 7.95. The van der Waals surface area contributed by atoms with Gasteiger partial charge in [0, 0.05) is 4.47 Å². The molecule has 0 aromatic heterocycles. The van der Waals surface area contributed by atoms with Gasteiger partial charge in [0.1, 0.15) is 5.54 Å². The predicted molar refractivity (Wildman–Crippen MR) is 84.3 cm³/mol. The van der Waals surface area contributed by atoms with E-state index in [1.807, 2.05) is 19.9 Å². The average Bonchev–Trinajstić information content (AvgIpc) is 2.41. The number of hydrogen-bond donors (Lipinski definition) is 2. The molecule has 4 nitrogen and oxygen atoms in total. The van der Waals surface area contributed by atoms with Gasteiger partial charge in [-0.1, -0.05) is 31.4 Å². The van der Waals surface area contributed by atoms with Gasteiger partial charge in [0.25, 0.3) is 5.91 Å². The molecule has 0 saturated heterocycles. The van der Waals surface area contributed by atoms with Gasteiger partial charge < -0.3 is 10.4 Å². The van der Waals surface area contributed by atoms with E-state index in [1.165, 1.54) is 0 Å². The van der Waals surface area contributed by atoms with Crippen LogP contribution in [0.4, 0.5) is 0 Å². The lowest BCUT2D eigenvalue weighted by atomic mass is 9.76. The van der Waals surface area contributed by atoms with Gasteiger partial charge in [-0.25, -0.2) is 4.79 Å². The zero-order chi connectivity index (χ0) is 15.6. The first-order chi connectivity index (χ1) is 9.84. The van der Waals surface area contributed by atoms with Gasteiger partial charge in [-0.3, -0.25) is 4.79 Å². The highest BCUT2D eigenvalue weighted by atomic mass is 79.9. The van der Waals surface area contributed by atoms with E-state index in [4.69, 9.17) is 0 Å². The molecule has 0 spiro atoms. The Morgan fingerprint density at radius 3 is 2.76 bits per heavy atom. The smallest absolute Gasteiger partial charge is 0.329 e. The second-order valence-corrected chi connectivity index (χ2v) is 6.88. The van der Waals surface area contributed by atoms with E-state index < -0.39 is 11.5 Å². The summed E-state index contributed by atoms with van der Waals surface area (Å²) in [6, 6.07) is 5.47. The van der Waals surface area contributed by atoms with Crippen LogP contribution < -0.4 is 5.32 Å². The van der Waals surface area contributed by atoms with Crippen LogP contribution in [0.1, 0.15) is 48.5 Å². The van der Waals surface area contributed by atoms with Crippen molar-refractivity contribution in [2.45, 2.75) is 45.1 Å². The minimum Gasteiger partial charge on any atom is -0.480 e. The first-order valence-electron chi connectivity index (χ1n) is 7.16. The van der Waals surface area contributed by atoms with Gasteiger partial charge >= 0.3 is 5.97 Å². The monoisotopic (exact) mass is 353 g/mol. The fraction of sp³-hybridized carbons (Fsp3) is 0.500. The van der Waals surface area contributed by atoms with E-state index >= 15 is 0 Å². The quantitative estimate of drug-likeness (QED) is 0.873. The number of carboxylic acids is 1. The standard InChI is InChI=1S/C16H20BrNO3/c1-10-5-6-13(17)12(8-10)14(19)18-16(15(20)21)7-3-4-11(2)9-16/h5-6,8,11H,3-4,7,9H2,1-2H3,(H,18,19)(H,20,21). The average molecular weight is 354 g/mol. The highest BCUT2D eigenvalue weighted by Gasteiger charge is 2.43. The number of carbonyl (C=O) groups is 2. The van der Waals surface area contributed by atoms with E-state index in [-0.39, 0.29) is 5.91 Å². The molecule has 1 aromatic carbocycles. The molecule has 2 N–H and O–H groups in total. The van der Waals surface area contributed by atoms with Crippen LogP contribution in [0.2, 0.25) is 0 Å². The van der Waals surface area contributed by atoms with Crippen molar-refractivity contribution in [2.75, 3.05) is 0 Å². The molecule has 0 aliphatic heterocycles. The first kappa shape index (κ1) is 16.0. The minimum absolute atomic E-state index is 0.302. The fourth-order valence-electron chi connectivity index (χ4n) is 3.01. The molecule has 0 radical (unpaired) electrons. The number of benzene rings is 1. The second-order valence-electron chi connectivity index (χ2n) is 6.03. The van der Waals surface area contributed by atoms with Crippen molar-refractivity contribution < 1.29 is 14.7 Å². The Morgan fingerprint density at radius 1 is 1.43 bits per heavy atom. The molecular formula is C16H20BrNO3. The van der Waals surface area contributed by atoms with Crippen molar-refractivity contribution in [3.05, 3.63) is 33.8 Å². The summed E-state index contributed by atoms with van der Waals surface area (Å²) in [4.78, 5) is 24.2. The summed E-state index contributed by atoms with van der Waals surface area (Å²) in [6.45, 7) is 3.93. The number of hydrogen-bond acceptors (Lipinski definition) is 2. The Morgan fingerprint density at radius 2 is 2.14 bits per heavy atom. The summed E-state index contributed by atoms with van der Waals surface area (Å²) >= 11 is 3.35. The number of halogens is 1. The lowest BCUT2D eigenvalue weighted by molar-refractivity contribution is -0.146. The molecule has 1 fully saturated rings. The third-order valence-corrected chi connectivity index (χ3v) is 4.82. The molecule has 0 heterocycles. The van der Waals surface area contributed by atoms with Crippen LogP contribution in [0.3, 0.4) is 0 Å². The van der Waals surface area contributed by atoms with Crippen LogP contribution in [0.25, 0.3) is 0 Å². The number of nitrogens with one attached hydrogen (secondary N) is 1. The molecule has 2 rings (SSSR count). The molecule has 114 valence electrons. The van der Waals surface area contributed by atoms with Gasteiger partial charge in [-0.15, -0.1) is 0 Å². The molecule has 1 amide bonds. The maximum absolute atomic E-state index is 12.5. The third kappa shape index (κ3) is 3.46. The van der Waals surface area contributed by atoms with E-state index in [9.17, 15) is 14.7 Å². The SMILES string of the molecule is Cc1ccc(Br)c(C(=O)NC2(C(=O)O)CCCC(C)C2)c1. The molecule has 1 aliphatic rings. The molecule has 21 heavy (non-hydrogen) atoms. The number of carboxylic acid groups (broad SMARTS) is 1. The summed E-state index contributed by atoms with van der Waals surface area (Å²) in [7, 11) is 0. The maximum Gasteiger partial charge on any atom is 0.329 e. The number of amides is 1. The second kappa shape index (κ2) is 6.18. The minimum atomic E-state index is -1.14. The molecule has 1 aromatic rings. The summed E-state index contributed by atoms with van der Waals surface area (Å²) in [5, 5.41) is 12.4. The third-order valence-electron chi connectivity index (χ3n) is 4.13. The summed E-state index contributed by atoms with van der Waals surface area (Å²) in [5.41, 5.74) is 0.302. The summed E-state index contributed by atoms with van der Waals surface area (Å²) in [5.74, 6) is -0.968. The van der Waals surface area contributed by atoms with Crippen molar-refractivity contribution in [1.82, 2.24) is 5.32 Å². The van der Waals surface area contributed by atoms with E-state index in [0.717, 1.165) is 18.4 Å². The predicted octanol–water partition coefficient (Wildman–Crippen LogP) is 3.52. The zero-order valence-corrected chi connectivity index (χ0v) is 13.9. The van der Waals surface area contributed by atoms with Crippen LogP contribution in [-0.2, 0) is 4.79 Å². The maximum atomic E-state index is 12.5.